The van der Waals surface area contributed by atoms with Crippen molar-refractivity contribution in [1.82, 2.24) is 0 Å². The number of methoxy groups -OCH3 is 1. The van der Waals surface area contributed by atoms with E-state index in [0.717, 1.165) is 148 Å². The number of aliphatic hydroxyl groups excluding tert-OH is 6. The Morgan fingerprint density at radius 3 is 1.18 bits per heavy atom. The van der Waals surface area contributed by atoms with Crippen LogP contribution in [0.1, 0.15) is 272 Å². The summed E-state index contributed by atoms with van der Waals surface area (Å²) < 4.78 is 47.0. The fraction of sp³-hybridized carbons (Fsp3) is 0.543. The van der Waals surface area contributed by atoms with E-state index in [2.05, 4.69) is 152 Å². The van der Waals surface area contributed by atoms with Gasteiger partial charge >= 0.3 is 5.97 Å². The average molecular weight is 1770 g/mol. The van der Waals surface area contributed by atoms with E-state index in [1.165, 1.54) is 85.1 Å². The first-order valence-electron chi connectivity index (χ1n) is 49.0. The Balaban J connectivity index is 0.000000168. The van der Waals surface area contributed by atoms with Crippen LogP contribution in [0, 0.1) is 63.1 Å². The highest BCUT2D eigenvalue weighted by Gasteiger charge is 2.50. The number of esters is 1. The van der Waals surface area contributed by atoms with Crippen molar-refractivity contribution in [3.63, 3.8) is 0 Å². The van der Waals surface area contributed by atoms with Gasteiger partial charge in [0.2, 0.25) is 0 Å². The number of hydrogen-bond acceptors (Lipinski definition) is 10. The molecule has 8 fully saturated rings. The van der Waals surface area contributed by atoms with Crippen LogP contribution in [0.25, 0.3) is 0 Å². The van der Waals surface area contributed by atoms with E-state index in [1.54, 1.807) is 11.1 Å². The van der Waals surface area contributed by atoms with Gasteiger partial charge in [-0.15, -0.1) is 0 Å². The fourth-order valence-corrected chi connectivity index (χ4v) is 24.3. The minimum atomic E-state index is -1.18. The van der Waals surface area contributed by atoms with Crippen LogP contribution in [-0.2, 0) is 15.1 Å². The smallest absolute Gasteiger partial charge is 0.330 e. The molecule has 10 nitrogen and oxygen atoms in total. The first kappa shape index (κ1) is 102. The highest BCUT2D eigenvalue weighted by molar-refractivity contribution is 5.81. The zero-order valence-corrected chi connectivity index (χ0v) is 79.5. The van der Waals surface area contributed by atoms with Crippen molar-refractivity contribution in [2.45, 2.75) is 322 Å². The second-order valence-electron chi connectivity index (χ2n) is 40.7. The lowest BCUT2D eigenvalue weighted by atomic mass is 9.62. The summed E-state index contributed by atoms with van der Waals surface area (Å²) in [6, 6.07) is 19.7. The van der Waals surface area contributed by atoms with E-state index in [4.69, 9.17) is 5.11 Å². The van der Waals surface area contributed by atoms with Crippen molar-refractivity contribution in [3.8, 4) is 0 Å². The lowest BCUT2D eigenvalue weighted by Crippen LogP contribution is -2.32. The number of allylic oxidation sites excluding steroid dienone is 27. The minimum absolute atomic E-state index is 0.108. The Labute approximate surface area is 772 Å². The van der Waals surface area contributed by atoms with Gasteiger partial charge in [-0.05, 0) is 298 Å². The molecule has 0 aliphatic heterocycles. The number of alkyl halides is 3. The van der Waals surface area contributed by atoms with E-state index < -0.39 is 60.2 Å². The number of carbonyl (C=O) groups excluding carboxylic acids is 1. The molecule has 129 heavy (non-hydrogen) atoms. The van der Waals surface area contributed by atoms with Crippen LogP contribution in [0.5, 0.6) is 0 Å². The molecule has 19 atom stereocenters. The quantitative estimate of drug-likeness (QED) is 0.0285. The van der Waals surface area contributed by atoms with E-state index in [1.807, 2.05) is 117 Å². The van der Waals surface area contributed by atoms with Crippen LogP contribution in [0.2, 0.25) is 0 Å². The number of benzene rings is 2. The first-order chi connectivity index (χ1) is 61.6. The van der Waals surface area contributed by atoms with Crippen molar-refractivity contribution >= 4 is 5.97 Å². The summed E-state index contributed by atoms with van der Waals surface area (Å²) in [6.45, 7) is 36.5. The summed E-state index contributed by atoms with van der Waals surface area (Å²) >= 11 is 0. The van der Waals surface area contributed by atoms with Crippen molar-refractivity contribution in [2.75, 3.05) is 13.7 Å². The molecule has 0 aromatic heterocycles. The lowest BCUT2D eigenvalue weighted by molar-refractivity contribution is -0.134. The molecule has 0 saturated heterocycles. The molecule has 13 heteroatoms. The van der Waals surface area contributed by atoms with Crippen LogP contribution in [0.3, 0.4) is 0 Å². The van der Waals surface area contributed by atoms with Gasteiger partial charge in [0.1, 0.15) is 24.1 Å². The molecule has 700 valence electrons. The summed E-state index contributed by atoms with van der Waals surface area (Å²) in [5.41, 5.74) is 18.4. The standard InChI is InChI=1S/C37H43FO2.C29H44O3.C26H35FO3.C24H33FO2/c1-26(12-10-23-37(40,30-14-6-4-7-15-30)31-16-8-5-9-17-31)33-20-21-34-28(13-11-22-36(33,34)3)18-19-29-24-32(39)25-35(38)27(29)2;1-6-29(32,7-2)17-8-10-20(3)25-14-15-26-22(11-9-16-28(25,26)5)12-13-23-18-24(30)19-27(31)21(23)4;1-17(7-5-9-25(29)30-4)22-12-13-23-19(8-6-14-26(22,23)3)10-11-20-15-21(28)16-24(27)18(20)2;1-17-19(15-21(27)16-23(17)25)10-9-18-7-6-13-24(2)20(11-12-22(18)24)8-4-3-5-14-26/h4-10,14-20,23,26,32,34-35,39-40H,2,11-13,21-22,24-25H2,1,3H3;8,12-14,17,20,24,26-27,30-32H,4,6-7,9-11,15-16,18-19H2,1-3,5H3;5,9-12,17,21,23-24,28H,2,6-8,13-16H2,1,3-4H3;3,5,9-11,21-23,26-27H,1,4,6-8,12-16H2,2H3/b23-10+,28-18+,29-19-;17-8+,22-12+,23-13-;9-5+,19-10+,20-11-;5-3+,18-9+,19-10-. The number of fused-ring (bicyclic) bond motifs is 4. The maximum atomic E-state index is 14.3. The Morgan fingerprint density at radius 1 is 0.465 bits per heavy atom. The molecule has 0 amide bonds. The van der Waals surface area contributed by atoms with E-state index in [0.29, 0.717) is 90.2 Å². The number of hydrogen-bond donors (Lipinski definition) is 8. The van der Waals surface area contributed by atoms with Crippen LogP contribution >= 0.6 is 0 Å². The molecule has 14 rings (SSSR count). The highest BCUT2D eigenvalue weighted by Crippen LogP contribution is 2.61. The van der Waals surface area contributed by atoms with Gasteiger partial charge in [0.05, 0.1) is 49.8 Å². The second kappa shape index (κ2) is 45.7. The van der Waals surface area contributed by atoms with Crippen molar-refractivity contribution in [3.05, 3.63) is 309 Å². The molecule has 0 spiro atoms. The molecular formula is C116H155F3O10. The first-order valence-corrected chi connectivity index (χ1v) is 49.0. The predicted molar refractivity (Wildman–Crippen MR) is 523 cm³/mol. The molecule has 0 bridgehead atoms. The van der Waals surface area contributed by atoms with Crippen LogP contribution in [0.15, 0.2) is 298 Å². The maximum Gasteiger partial charge on any atom is 0.330 e. The molecule has 2 aromatic rings. The second-order valence-corrected chi connectivity index (χ2v) is 40.7. The van der Waals surface area contributed by atoms with Gasteiger partial charge in [0, 0.05) is 31.8 Å². The summed E-state index contributed by atoms with van der Waals surface area (Å²) in [5.74, 6) is 2.88. The molecule has 2 aromatic carbocycles. The molecule has 0 radical (unpaired) electrons. The van der Waals surface area contributed by atoms with Gasteiger partial charge in [-0.3, -0.25) is 0 Å². The predicted octanol–water partition coefficient (Wildman–Crippen LogP) is 25.9. The van der Waals surface area contributed by atoms with Crippen molar-refractivity contribution < 1.29 is 63.6 Å². The molecule has 12 aliphatic rings. The average Bonchev–Trinajstić information content (AvgIpc) is 1.62. The lowest BCUT2D eigenvalue weighted by Gasteiger charge is -2.42. The van der Waals surface area contributed by atoms with Gasteiger partial charge in [-0.2, -0.15) is 0 Å². The molecule has 19 unspecified atom stereocenters. The maximum absolute atomic E-state index is 14.3. The number of rotatable bonds is 24. The number of aliphatic hydroxyl groups is 8. The molecule has 0 heterocycles. The molecule has 8 saturated carbocycles. The zero-order chi connectivity index (χ0) is 93.2. The topological polar surface area (TPSA) is 188 Å². The summed E-state index contributed by atoms with van der Waals surface area (Å²) in [6.07, 6.45) is 63.1. The van der Waals surface area contributed by atoms with Gasteiger partial charge in [-0.25, -0.2) is 18.0 Å². The Bertz CT molecular complexity index is 4750. The number of ether oxygens (including phenoxy) is 1. The van der Waals surface area contributed by atoms with E-state index in [9.17, 15) is 53.7 Å². The minimum Gasteiger partial charge on any atom is -0.466 e. The summed E-state index contributed by atoms with van der Waals surface area (Å²) in [7, 11) is 1.39. The van der Waals surface area contributed by atoms with Crippen LogP contribution in [-0.4, -0.2) is 115 Å². The Kier molecular flexibility index (Phi) is 36.1. The zero-order valence-electron chi connectivity index (χ0n) is 79.5. The van der Waals surface area contributed by atoms with E-state index in [-0.39, 0.29) is 53.5 Å². The SMILES string of the molecule is C=C1/C(=C\C=C2/CCCC3(C)C(C(C)C/C=C/C(=O)OC)=CCC23)CC(O)CC1F.C=C1/C(=C\C=C2/CCCC3(C)C(C(C)C/C=C/C(O)(CC)CC)=CCC23)CC(O)CC1O.C=C1/C(=C\C=C2/CCCC3(C)C(C(C)C/C=C/C(O)(c4ccccc4)c4ccccc4)=CCC23)CC(O)CC1F.C=C1/C(=C\C=C2/CCCC3(C)C(CC/C=C/CO)=CCC23)CC(O)CC1F. The molecular weight excluding hydrogens is 1610 g/mol. The third-order valence-corrected chi connectivity index (χ3v) is 32.3. The van der Waals surface area contributed by atoms with Gasteiger partial charge in [0.15, 0.2) is 0 Å². The third kappa shape index (κ3) is 24.4. The fourth-order valence-electron chi connectivity index (χ4n) is 24.3. The van der Waals surface area contributed by atoms with Crippen molar-refractivity contribution in [1.29, 1.82) is 0 Å². The molecule has 8 N–H and O–H groups in total. The summed E-state index contributed by atoms with van der Waals surface area (Å²) in [5, 5.41) is 81.4. The summed E-state index contributed by atoms with van der Waals surface area (Å²) in [4.78, 5) is 11.3. The van der Waals surface area contributed by atoms with E-state index >= 15 is 0 Å². The van der Waals surface area contributed by atoms with Crippen LogP contribution in [0.4, 0.5) is 13.2 Å². The Morgan fingerprint density at radius 2 is 0.806 bits per heavy atom. The van der Waals surface area contributed by atoms with Gasteiger partial charge in [0.25, 0.3) is 0 Å². The third-order valence-electron chi connectivity index (χ3n) is 32.3. The number of halogens is 3. The molecule has 12 aliphatic carbocycles. The van der Waals surface area contributed by atoms with Crippen LogP contribution < -0.4 is 0 Å². The Hall–Kier alpha value is -7.82. The largest absolute Gasteiger partial charge is 0.466 e. The van der Waals surface area contributed by atoms with Gasteiger partial charge < -0.3 is 45.6 Å². The number of carbonyl (C=O) groups is 1. The normalized spacial score (nSPS) is 34.1. The highest BCUT2D eigenvalue weighted by atomic mass is 19.1. The van der Waals surface area contributed by atoms with Crippen molar-refractivity contribution in [2.24, 2.45) is 63.1 Å². The monoisotopic (exact) mass is 1770 g/mol. The van der Waals surface area contributed by atoms with Gasteiger partial charge in [-0.1, -0.05) is 303 Å².